The van der Waals surface area contributed by atoms with Crippen LogP contribution in [0.3, 0.4) is 0 Å². The van der Waals surface area contributed by atoms with Gasteiger partial charge >= 0.3 is 0 Å². The molecule has 3 rings (SSSR count). The van der Waals surface area contributed by atoms with Gasteiger partial charge in [-0.2, -0.15) is 0 Å². The summed E-state index contributed by atoms with van der Waals surface area (Å²) in [6, 6.07) is 6.06. The van der Waals surface area contributed by atoms with Crippen molar-refractivity contribution >= 4 is 47.4 Å². The van der Waals surface area contributed by atoms with Gasteiger partial charge in [-0.15, -0.1) is 24.8 Å². The average Bonchev–Trinajstić information content (AvgIpc) is 2.68. The predicted molar refractivity (Wildman–Crippen MR) is 104 cm³/mol. The van der Waals surface area contributed by atoms with Crippen molar-refractivity contribution in [1.29, 1.82) is 0 Å². The Morgan fingerprint density at radius 3 is 2.88 bits per heavy atom. The maximum absolute atomic E-state index is 11.9. The first kappa shape index (κ1) is 20.7. The minimum absolute atomic E-state index is 0. The van der Waals surface area contributed by atoms with Crippen LogP contribution in [0.15, 0.2) is 18.2 Å². The summed E-state index contributed by atoms with van der Waals surface area (Å²) in [4.78, 5) is 16.7. The number of benzene rings is 1. The molecular weight excluding hydrogens is 347 g/mol. The Bertz CT molecular complexity index is 672. The van der Waals surface area contributed by atoms with Crippen molar-refractivity contribution in [1.82, 2.24) is 14.9 Å². The number of carbonyl (C=O) groups is 1. The number of anilines is 1. The van der Waals surface area contributed by atoms with Crippen molar-refractivity contribution in [2.24, 2.45) is 0 Å². The van der Waals surface area contributed by atoms with Crippen LogP contribution >= 0.6 is 24.8 Å². The van der Waals surface area contributed by atoms with E-state index >= 15 is 0 Å². The van der Waals surface area contributed by atoms with Gasteiger partial charge in [0.15, 0.2) is 0 Å². The zero-order valence-corrected chi connectivity index (χ0v) is 15.6. The van der Waals surface area contributed by atoms with Crippen LogP contribution in [0.25, 0.3) is 11.0 Å². The van der Waals surface area contributed by atoms with Gasteiger partial charge in [0.1, 0.15) is 5.82 Å². The van der Waals surface area contributed by atoms with Crippen LogP contribution in [0, 0.1) is 0 Å². The fourth-order valence-corrected chi connectivity index (χ4v) is 3.08. The quantitative estimate of drug-likeness (QED) is 0.789. The summed E-state index contributed by atoms with van der Waals surface area (Å²) in [5.41, 5.74) is 3.02. The van der Waals surface area contributed by atoms with E-state index in [-0.39, 0.29) is 30.7 Å². The average molecular weight is 373 g/mol. The molecule has 0 unspecified atom stereocenters. The lowest BCUT2D eigenvalue weighted by atomic mass is 10.2. The van der Waals surface area contributed by atoms with E-state index in [4.69, 9.17) is 4.98 Å². The second-order valence-electron chi connectivity index (χ2n) is 5.95. The molecule has 7 heteroatoms. The number of nitrogens with zero attached hydrogens (tertiary/aromatic N) is 2. The zero-order chi connectivity index (χ0) is 15.4. The van der Waals surface area contributed by atoms with E-state index in [0.29, 0.717) is 6.42 Å². The topological polar surface area (TPSA) is 59.0 Å². The number of carbonyl (C=O) groups excluding carboxylic acids is 1. The standard InChI is InChI=1S/C17H24N4O.2ClH/c1-18-10-5-7-17(22)19-13-8-9-15-14(12-13)20-16-6-3-2-4-11-21(15)16;;/h8-9,12,18H,2-7,10-11H2,1H3,(H,19,22);2*1H. The van der Waals surface area contributed by atoms with Crippen molar-refractivity contribution < 1.29 is 4.79 Å². The van der Waals surface area contributed by atoms with Crippen LogP contribution in [-0.4, -0.2) is 29.1 Å². The highest BCUT2D eigenvalue weighted by atomic mass is 35.5. The Hall–Kier alpha value is -1.30. The van der Waals surface area contributed by atoms with Crippen molar-refractivity contribution in [3.8, 4) is 0 Å². The lowest BCUT2D eigenvalue weighted by Gasteiger charge is -2.06. The van der Waals surface area contributed by atoms with Gasteiger partial charge in [-0.05, 0) is 51.1 Å². The van der Waals surface area contributed by atoms with Gasteiger partial charge in [-0.3, -0.25) is 4.79 Å². The van der Waals surface area contributed by atoms with Crippen LogP contribution in [0.2, 0.25) is 0 Å². The van der Waals surface area contributed by atoms with Crippen LogP contribution in [0.1, 0.15) is 37.9 Å². The normalized spacial score (nSPS) is 13.4. The SMILES string of the molecule is CNCCCC(=O)Nc1ccc2c(c1)nc1n2CCCCC1.Cl.Cl. The lowest BCUT2D eigenvalue weighted by Crippen LogP contribution is -2.15. The van der Waals surface area contributed by atoms with Gasteiger partial charge in [-0.25, -0.2) is 4.98 Å². The number of hydrogen-bond donors (Lipinski definition) is 2. The number of hydrogen-bond acceptors (Lipinski definition) is 3. The minimum atomic E-state index is 0. The van der Waals surface area contributed by atoms with Gasteiger partial charge < -0.3 is 15.2 Å². The first-order valence-corrected chi connectivity index (χ1v) is 8.21. The van der Waals surface area contributed by atoms with E-state index in [1.54, 1.807) is 0 Å². The fraction of sp³-hybridized carbons (Fsp3) is 0.529. The van der Waals surface area contributed by atoms with Crippen LogP contribution in [0.5, 0.6) is 0 Å². The third-order valence-electron chi connectivity index (χ3n) is 4.22. The lowest BCUT2D eigenvalue weighted by molar-refractivity contribution is -0.116. The van der Waals surface area contributed by atoms with Gasteiger partial charge in [0.25, 0.3) is 0 Å². The van der Waals surface area contributed by atoms with E-state index in [1.807, 2.05) is 19.2 Å². The third kappa shape index (κ3) is 4.85. The highest BCUT2D eigenvalue weighted by molar-refractivity contribution is 5.93. The first-order valence-electron chi connectivity index (χ1n) is 8.21. The van der Waals surface area contributed by atoms with Crippen LogP contribution < -0.4 is 10.6 Å². The molecule has 24 heavy (non-hydrogen) atoms. The first-order chi connectivity index (χ1) is 10.8. The number of aryl methyl sites for hydroxylation is 2. The molecular formula is C17H26Cl2N4O. The van der Waals surface area contributed by atoms with Gasteiger partial charge in [0.2, 0.25) is 5.91 Å². The molecule has 0 radical (unpaired) electrons. The number of rotatable bonds is 5. The number of amides is 1. The Kier molecular flexibility index (Phi) is 8.53. The third-order valence-corrected chi connectivity index (χ3v) is 4.22. The number of nitrogens with one attached hydrogen (secondary N) is 2. The van der Waals surface area contributed by atoms with Crippen molar-refractivity contribution in [3.05, 3.63) is 24.0 Å². The summed E-state index contributed by atoms with van der Waals surface area (Å²) in [5, 5.41) is 6.02. The minimum Gasteiger partial charge on any atom is -0.328 e. The fourth-order valence-electron chi connectivity index (χ4n) is 3.08. The second-order valence-corrected chi connectivity index (χ2v) is 5.95. The molecule has 5 nitrogen and oxygen atoms in total. The van der Waals surface area contributed by atoms with Gasteiger partial charge in [-0.1, -0.05) is 6.42 Å². The highest BCUT2D eigenvalue weighted by Crippen LogP contribution is 2.24. The van der Waals surface area contributed by atoms with E-state index in [2.05, 4.69) is 21.3 Å². The Balaban J connectivity index is 0.00000144. The van der Waals surface area contributed by atoms with E-state index in [0.717, 1.165) is 37.1 Å². The van der Waals surface area contributed by atoms with E-state index in [9.17, 15) is 4.79 Å². The molecule has 0 fully saturated rings. The Morgan fingerprint density at radius 1 is 1.25 bits per heavy atom. The monoisotopic (exact) mass is 372 g/mol. The number of halogens is 2. The predicted octanol–water partition coefficient (Wildman–Crippen LogP) is 3.54. The molecule has 0 saturated heterocycles. The van der Waals surface area contributed by atoms with Gasteiger partial charge in [0, 0.05) is 25.1 Å². The van der Waals surface area contributed by atoms with Crippen molar-refractivity contribution in [2.45, 2.75) is 45.1 Å². The largest absolute Gasteiger partial charge is 0.328 e. The van der Waals surface area contributed by atoms with Crippen molar-refractivity contribution in [2.75, 3.05) is 18.9 Å². The van der Waals surface area contributed by atoms with Crippen LogP contribution in [0.4, 0.5) is 5.69 Å². The highest BCUT2D eigenvalue weighted by Gasteiger charge is 2.14. The van der Waals surface area contributed by atoms with E-state index in [1.165, 1.54) is 30.6 Å². The second kappa shape index (κ2) is 9.87. The molecule has 2 aromatic rings. The summed E-state index contributed by atoms with van der Waals surface area (Å²) >= 11 is 0. The summed E-state index contributed by atoms with van der Waals surface area (Å²) in [7, 11) is 1.90. The van der Waals surface area contributed by atoms with Crippen molar-refractivity contribution in [3.63, 3.8) is 0 Å². The molecule has 0 aliphatic carbocycles. The van der Waals surface area contributed by atoms with Gasteiger partial charge in [0.05, 0.1) is 11.0 Å². The number of aromatic nitrogens is 2. The number of fused-ring (bicyclic) bond motifs is 3. The zero-order valence-electron chi connectivity index (χ0n) is 14.0. The molecule has 2 heterocycles. The molecule has 134 valence electrons. The maximum Gasteiger partial charge on any atom is 0.224 e. The molecule has 0 spiro atoms. The molecule has 1 aromatic carbocycles. The molecule has 0 bridgehead atoms. The summed E-state index contributed by atoms with van der Waals surface area (Å²) in [6.07, 6.45) is 6.18. The molecule has 1 amide bonds. The summed E-state index contributed by atoms with van der Waals surface area (Å²) in [6.45, 7) is 1.92. The summed E-state index contributed by atoms with van der Waals surface area (Å²) in [5.74, 6) is 1.25. The molecule has 1 aromatic heterocycles. The Morgan fingerprint density at radius 2 is 2.08 bits per heavy atom. The van der Waals surface area contributed by atoms with E-state index < -0.39 is 0 Å². The molecule has 0 saturated carbocycles. The molecule has 2 N–H and O–H groups in total. The Labute approximate surface area is 155 Å². The number of imidazole rings is 1. The molecule has 1 aliphatic heterocycles. The molecule has 1 aliphatic rings. The summed E-state index contributed by atoms with van der Waals surface area (Å²) < 4.78 is 2.33. The van der Waals surface area contributed by atoms with Crippen LogP contribution in [-0.2, 0) is 17.8 Å². The smallest absolute Gasteiger partial charge is 0.224 e. The molecule has 0 atom stereocenters. The maximum atomic E-state index is 11.9.